The summed E-state index contributed by atoms with van der Waals surface area (Å²) in [6.45, 7) is 5.44. The maximum absolute atomic E-state index is 4.55. The first kappa shape index (κ1) is 12.2. The molecule has 4 heteroatoms. The summed E-state index contributed by atoms with van der Waals surface area (Å²) in [6.07, 6.45) is 3.04. The van der Waals surface area contributed by atoms with E-state index in [1.54, 1.807) is 0 Å². The van der Waals surface area contributed by atoms with Crippen LogP contribution < -0.4 is 4.90 Å². The van der Waals surface area contributed by atoms with E-state index >= 15 is 0 Å². The van der Waals surface area contributed by atoms with Crippen LogP contribution in [-0.4, -0.2) is 11.5 Å². The minimum atomic E-state index is 0.424. The van der Waals surface area contributed by atoms with E-state index in [9.17, 15) is 0 Å². The van der Waals surface area contributed by atoms with Crippen molar-refractivity contribution in [3.05, 3.63) is 44.2 Å². The van der Waals surface area contributed by atoms with E-state index in [4.69, 9.17) is 0 Å². The number of fused-ring (bicyclic) bond motifs is 1. The first-order valence-corrected chi connectivity index (χ1v) is 7.79. The number of halogens is 1. The second-order valence-corrected chi connectivity index (χ2v) is 6.57. The molecule has 0 N–H and O–H groups in total. The molecule has 0 aromatic carbocycles. The fourth-order valence-electron chi connectivity index (χ4n) is 2.50. The molecule has 1 aliphatic heterocycles. The van der Waals surface area contributed by atoms with E-state index in [1.165, 1.54) is 16.0 Å². The van der Waals surface area contributed by atoms with Gasteiger partial charge in [0.2, 0.25) is 0 Å². The Morgan fingerprint density at radius 1 is 1.50 bits per heavy atom. The lowest BCUT2D eigenvalue weighted by Crippen LogP contribution is -2.33. The van der Waals surface area contributed by atoms with Gasteiger partial charge in [-0.2, -0.15) is 0 Å². The van der Waals surface area contributed by atoms with Gasteiger partial charge in [-0.05, 0) is 64.8 Å². The lowest BCUT2D eigenvalue weighted by molar-refractivity contribution is 0.624. The summed E-state index contributed by atoms with van der Waals surface area (Å²) < 4.78 is 1.08. The summed E-state index contributed by atoms with van der Waals surface area (Å²) in [5.41, 5.74) is 2.71. The molecule has 0 radical (unpaired) electrons. The Bertz CT molecular complexity index is 579. The van der Waals surface area contributed by atoms with Crippen molar-refractivity contribution in [1.29, 1.82) is 0 Å². The third-order valence-corrected chi connectivity index (χ3v) is 5.43. The quantitative estimate of drug-likeness (QED) is 0.776. The van der Waals surface area contributed by atoms with Gasteiger partial charge in [-0.15, -0.1) is 11.3 Å². The summed E-state index contributed by atoms with van der Waals surface area (Å²) in [7, 11) is 0. The number of hydrogen-bond donors (Lipinski definition) is 0. The molecule has 1 unspecified atom stereocenters. The molecule has 0 bridgehead atoms. The van der Waals surface area contributed by atoms with Gasteiger partial charge in [-0.25, -0.2) is 4.98 Å². The number of pyridine rings is 1. The molecule has 0 fully saturated rings. The highest BCUT2D eigenvalue weighted by atomic mass is 79.9. The Morgan fingerprint density at radius 2 is 2.33 bits per heavy atom. The van der Waals surface area contributed by atoms with Gasteiger partial charge < -0.3 is 4.90 Å². The zero-order valence-corrected chi connectivity index (χ0v) is 12.9. The van der Waals surface area contributed by atoms with Gasteiger partial charge >= 0.3 is 0 Å². The largest absolute Gasteiger partial charge is 0.349 e. The van der Waals surface area contributed by atoms with Gasteiger partial charge in [0.05, 0.1) is 6.04 Å². The molecule has 94 valence electrons. The molecule has 18 heavy (non-hydrogen) atoms. The predicted molar refractivity (Wildman–Crippen MR) is 80.5 cm³/mol. The van der Waals surface area contributed by atoms with Crippen molar-refractivity contribution in [3.8, 4) is 0 Å². The number of aryl methyl sites for hydroxylation is 1. The Morgan fingerprint density at radius 3 is 3.11 bits per heavy atom. The summed E-state index contributed by atoms with van der Waals surface area (Å²) in [5.74, 6) is 1.08. The molecule has 0 saturated carbocycles. The first-order chi connectivity index (χ1) is 8.66. The summed E-state index contributed by atoms with van der Waals surface area (Å²) in [5, 5.41) is 2.20. The average molecular weight is 323 g/mol. The third-order valence-electron chi connectivity index (χ3n) is 3.60. The van der Waals surface area contributed by atoms with Crippen LogP contribution in [0.2, 0.25) is 0 Å². The van der Waals surface area contributed by atoms with Gasteiger partial charge in [0.15, 0.2) is 0 Å². The van der Waals surface area contributed by atoms with Crippen LogP contribution in [0.3, 0.4) is 0 Å². The second kappa shape index (κ2) is 4.67. The zero-order valence-electron chi connectivity index (χ0n) is 10.5. The van der Waals surface area contributed by atoms with E-state index in [0.29, 0.717) is 6.04 Å². The standard InChI is InChI=1S/C14H15BrN2S/c1-9-7-14(16-8-12(9)15)17-5-3-13-11(10(17)2)4-6-18-13/h4,6-8,10H,3,5H2,1-2H3. The number of aromatic nitrogens is 1. The maximum atomic E-state index is 4.55. The minimum Gasteiger partial charge on any atom is -0.349 e. The maximum Gasteiger partial charge on any atom is 0.129 e. The molecule has 1 aliphatic rings. The van der Waals surface area contributed by atoms with Crippen LogP contribution >= 0.6 is 27.3 Å². The summed E-state index contributed by atoms with van der Waals surface area (Å²) in [4.78, 5) is 8.49. The summed E-state index contributed by atoms with van der Waals surface area (Å²) in [6, 6.07) is 4.84. The average Bonchev–Trinajstić information content (AvgIpc) is 2.83. The van der Waals surface area contributed by atoms with Gasteiger partial charge in [-0.1, -0.05) is 0 Å². The Hall–Kier alpha value is -0.870. The molecule has 2 aromatic heterocycles. The molecular weight excluding hydrogens is 308 g/mol. The minimum absolute atomic E-state index is 0.424. The van der Waals surface area contributed by atoms with Crippen molar-refractivity contribution in [2.45, 2.75) is 26.3 Å². The van der Waals surface area contributed by atoms with E-state index in [0.717, 1.165) is 23.3 Å². The number of anilines is 1. The Balaban J connectivity index is 1.96. The van der Waals surface area contributed by atoms with Crippen molar-refractivity contribution >= 4 is 33.1 Å². The van der Waals surface area contributed by atoms with Crippen LogP contribution in [0, 0.1) is 6.92 Å². The number of nitrogens with zero attached hydrogens (tertiary/aromatic N) is 2. The molecule has 3 heterocycles. The molecular formula is C14H15BrN2S. The van der Waals surface area contributed by atoms with Crippen LogP contribution in [0.25, 0.3) is 0 Å². The van der Waals surface area contributed by atoms with Crippen molar-refractivity contribution in [2.24, 2.45) is 0 Å². The predicted octanol–water partition coefficient (Wildman–Crippen LogP) is 4.34. The lowest BCUT2D eigenvalue weighted by atomic mass is 10.0. The highest BCUT2D eigenvalue weighted by molar-refractivity contribution is 9.10. The van der Waals surface area contributed by atoms with E-state index in [2.05, 4.69) is 57.2 Å². The SMILES string of the molecule is Cc1cc(N2CCc3sccc3C2C)ncc1Br. The van der Waals surface area contributed by atoms with Crippen LogP contribution in [0.5, 0.6) is 0 Å². The summed E-state index contributed by atoms with van der Waals surface area (Å²) >= 11 is 5.39. The molecule has 3 rings (SSSR count). The second-order valence-electron chi connectivity index (χ2n) is 4.71. The molecule has 2 aromatic rings. The number of hydrogen-bond acceptors (Lipinski definition) is 3. The zero-order chi connectivity index (χ0) is 12.7. The van der Waals surface area contributed by atoms with E-state index in [1.807, 2.05) is 17.5 Å². The normalized spacial score (nSPS) is 18.8. The number of rotatable bonds is 1. The smallest absolute Gasteiger partial charge is 0.129 e. The van der Waals surface area contributed by atoms with Crippen LogP contribution in [-0.2, 0) is 6.42 Å². The molecule has 0 aliphatic carbocycles. The third kappa shape index (κ3) is 1.97. The molecule has 0 saturated heterocycles. The van der Waals surface area contributed by atoms with Gasteiger partial charge in [0, 0.05) is 22.1 Å². The van der Waals surface area contributed by atoms with Crippen molar-refractivity contribution in [1.82, 2.24) is 4.98 Å². The van der Waals surface area contributed by atoms with Gasteiger partial charge in [0.25, 0.3) is 0 Å². The van der Waals surface area contributed by atoms with Crippen LogP contribution in [0.1, 0.15) is 29.0 Å². The Kier molecular flexibility index (Phi) is 3.16. The molecule has 2 nitrogen and oxygen atoms in total. The van der Waals surface area contributed by atoms with E-state index < -0.39 is 0 Å². The van der Waals surface area contributed by atoms with Crippen LogP contribution in [0.4, 0.5) is 5.82 Å². The fraction of sp³-hybridized carbons (Fsp3) is 0.357. The van der Waals surface area contributed by atoms with E-state index in [-0.39, 0.29) is 0 Å². The first-order valence-electron chi connectivity index (χ1n) is 6.12. The highest BCUT2D eigenvalue weighted by Crippen LogP contribution is 2.35. The molecule has 0 amide bonds. The fourth-order valence-corrected chi connectivity index (χ4v) is 3.68. The van der Waals surface area contributed by atoms with Gasteiger partial charge in [0.1, 0.15) is 5.82 Å². The van der Waals surface area contributed by atoms with Crippen molar-refractivity contribution in [2.75, 3.05) is 11.4 Å². The number of thiophene rings is 1. The topological polar surface area (TPSA) is 16.1 Å². The van der Waals surface area contributed by atoms with Gasteiger partial charge in [-0.3, -0.25) is 0 Å². The van der Waals surface area contributed by atoms with Crippen LogP contribution in [0.15, 0.2) is 28.2 Å². The van der Waals surface area contributed by atoms with Crippen molar-refractivity contribution < 1.29 is 0 Å². The molecule has 0 spiro atoms. The lowest BCUT2D eigenvalue weighted by Gasteiger charge is -2.34. The monoisotopic (exact) mass is 322 g/mol. The van der Waals surface area contributed by atoms with Crippen molar-refractivity contribution in [3.63, 3.8) is 0 Å². The highest BCUT2D eigenvalue weighted by Gasteiger charge is 2.25. The Labute approximate surface area is 120 Å². The molecule has 1 atom stereocenters.